The molecule has 0 saturated heterocycles. The van der Waals surface area contributed by atoms with E-state index in [1.165, 1.54) is 12.0 Å². The van der Waals surface area contributed by atoms with Crippen LogP contribution in [0.3, 0.4) is 0 Å². The number of rotatable bonds is 1. The molecule has 0 amide bonds. The van der Waals surface area contributed by atoms with Gasteiger partial charge in [0.2, 0.25) is 5.89 Å². The lowest BCUT2D eigenvalue weighted by Gasteiger charge is -2.11. The zero-order valence-corrected chi connectivity index (χ0v) is 12.5. The molecular weight excluding hydrogens is 222 g/mol. The first-order chi connectivity index (χ1) is 8.42. The van der Waals surface area contributed by atoms with Crippen LogP contribution in [0.2, 0.25) is 0 Å². The minimum absolute atomic E-state index is 0.0224. The molecule has 1 aromatic heterocycles. The van der Waals surface area contributed by atoms with E-state index in [0.717, 1.165) is 23.4 Å². The first-order valence-electron chi connectivity index (χ1n) is 6.82. The maximum absolute atomic E-state index is 5.76. The SMILES string of the molecule is CCC.CCc1ccc2nc(C(C)(C)C)oc2c1. The minimum atomic E-state index is -0.0224. The van der Waals surface area contributed by atoms with Crippen LogP contribution in [-0.2, 0) is 11.8 Å². The zero-order valence-electron chi connectivity index (χ0n) is 12.5. The van der Waals surface area contributed by atoms with Crippen LogP contribution in [0, 0.1) is 0 Å². The van der Waals surface area contributed by atoms with E-state index in [0.29, 0.717) is 0 Å². The molecule has 0 unspecified atom stereocenters. The lowest BCUT2D eigenvalue weighted by atomic mass is 9.97. The second-order valence-corrected chi connectivity index (χ2v) is 5.63. The lowest BCUT2D eigenvalue weighted by Crippen LogP contribution is -2.10. The van der Waals surface area contributed by atoms with Crippen molar-refractivity contribution in [1.29, 1.82) is 0 Å². The Morgan fingerprint density at radius 2 is 1.72 bits per heavy atom. The van der Waals surface area contributed by atoms with Crippen LogP contribution >= 0.6 is 0 Å². The molecule has 0 N–H and O–H groups in total. The first-order valence-corrected chi connectivity index (χ1v) is 6.82. The number of oxazole rings is 1. The van der Waals surface area contributed by atoms with Gasteiger partial charge in [0.05, 0.1) is 0 Å². The van der Waals surface area contributed by atoms with E-state index >= 15 is 0 Å². The highest BCUT2D eigenvalue weighted by Crippen LogP contribution is 2.26. The van der Waals surface area contributed by atoms with Crippen molar-refractivity contribution in [3.63, 3.8) is 0 Å². The highest BCUT2D eigenvalue weighted by Gasteiger charge is 2.20. The Kier molecular flexibility index (Phi) is 4.94. The summed E-state index contributed by atoms with van der Waals surface area (Å²) in [5.74, 6) is 0.811. The molecule has 0 aliphatic carbocycles. The van der Waals surface area contributed by atoms with Crippen molar-refractivity contribution in [3.05, 3.63) is 29.7 Å². The Balaban J connectivity index is 0.000000492. The topological polar surface area (TPSA) is 26.0 Å². The van der Waals surface area contributed by atoms with Gasteiger partial charge in [-0.15, -0.1) is 0 Å². The molecule has 0 aliphatic rings. The third-order valence-electron chi connectivity index (χ3n) is 2.50. The summed E-state index contributed by atoms with van der Waals surface area (Å²) in [4.78, 5) is 4.49. The molecule has 18 heavy (non-hydrogen) atoms. The number of aryl methyl sites for hydroxylation is 1. The first kappa shape index (κ1) is 14.7. The Bertz CT molecular complexity index is 491. The van der Waals surface area contributed by atoms with Crippen molar-refractivity contribution in [2.75, 3.05) is 0 Å². The highest BCUT2D eigenvalue weighted by atomic mass is 16.3. The number of fused-ring (bicyclic) bond motifs is 1. The van der Waals surface area contributed by atoms with E-state index in [1.54, 1.807) is 0 Å². The summed E-state index contributed by atoms with van der Waals surface area (Å²) < 4.78 is 5.76. The third-order valence-corrected chi connectivity index (χ3v) is 2.50. The van der Waals surface area contributed by atoms with Crippen LogP contribution in [0.1, 0.15) is 59.4 Å². The van der Waals surface area contributed by atoms with Gasteiger partial charge in [-0.3, -0.25) is 0 Å². The summed E-state index contributed by atoms with van der Waals surface area (Å²) in [6.45, 7) is 12.7. The quantitative estimate of drug-likeness (QED) is 0.700. The molecule has 2 nitrogen and oxygen atoms in total. The van der Waals surface area contributed by atoms with Gasteiger partial charge in [0.25, 0.3) is 0 Å². The average Bonchev–Trinajstić information content (AvgIpc) is 2.72. The van der Waals surface area contributed by atoms with E-state index in [9.17, 15) is 0 Å². The van der Waals surface area contributed by atoms with Crippen molar-refractivity contribution in [2.24, 2.45) is 0 Å². The van der Waals surface area contributed by atoms with Gasteiger partial charge in [-0.05, 0) is 24.1 Å². The summed E-state index contributed by atoms with van der Waals surface area (Å²) in [6, 6.07) is 6.22. The summed E-state index contributed by atoms with van der Waals surface area (Å²) in [5, 5.41) is 0. The van der Waals surface area contributed by atoms with Crippen LogP contribution in [0.25, 0.3) is 11.1 Å². The van der Waals surface area contributed by atoms with Gasteiger partial charge in [-0.1, -0.05) is 54.0 Å². The molecule has 2 heteroatoms. The van der Waals surface area contributed by atoms with Crippen molar-refractivity contribution in [3.8, 4) is 0 Å². The van der Waals surface area contributed by atoms with Crippen LogP contribution in [0.5, 0.6) is 0 Å². The standard InChI is InChI=1S/C13H17NO.C3H8/c1-5-9-6-7-10-11(8-9)15-12(14-10)13(2,3)4;1-3-2/h6-8H,5H2,1-4H3;3H2,1-2H3. The van der Waals surface area contributed by atoms with E-state index in [2.05, 4.69) is 58.7 Å². The molecule has 1 aromatic carbocycles. The van der Waals surface area contributed by atoms with Gasteiger partial charge in [0.1, 0.15) is 5.52 Å². The maximum atomic E-state index is 5.76. The van der Waals surface area contributed by atoms with Crippen molar-refractivity contribution < 1.29 is 4.42 Å². The highest BCUT2D eigenvalue weighted by molar-refractivity contribution is 5.73. The molecule has 0 fully saturated rings. The molecule has 1 heterocycles. The van der Waals surface area contributed by atoms with Gasteiger partial charge < -0.3 is 4.42 Å². The molecule has 0 bridgehead atoms. The fourth-order valence-electron chi connectivity index (χ4n) is 1.51. The summed E-state index contributed by atoms with van der Waals surface area (Å²) >= 11 is 0. The largest absolute Gasteiger partial charge is 0.440 e. The monoisotopic (exact) mass is 247 g/mol. The lowest BCUT2D eigenvalue weighted by molar-refractivity contribution is 0.411. The van der Waals surface area contributed by atoms with Crippen molar-refractivity contribution in [1.82, 2.24) is 4.98 Å². The molecule has 0 atom stereocenters. The van der Waals surface area contributed by atoms with E-state index in [1.807, 2.05) is 6.07 Å². The second kappa shape index (κ2) is 6.03. The molecule has 0 spiro atoms. The van der Waals surface area contributed by atoms with Crippen LogP contribution in [0.4, 0.5) is 0 Å². The number of aromatic nitrogens is 1. The summed E-state index contributed by atoms with van der Waals surface area (Å²) in [5.41, 5.74) is 3.13. The zero-order chi connectivity index (χ0) is 13.8. The summed E-state index contributed by atoms with van der Waals surface area (Å²) in [6.07, 6.45) is 2.28. The third kappa shape index (κ3) is 3.59. The number of benzene rings is 1. The van der Waals surface area contributed by atoms with E-state index < -0.39 is 0 Å². The van der Waals surface area contributed by atoms with Crippen molar-refractivity contribution in [2.45, 2.75) is 59.8 Å². The Hall–Kier alpha value is -1.31. The van der Waals surface area contributed by atoms with Gasteiger partial charge in [0.15, 0.2) is 5.58 Å². The van der Waals surface area contributed by atoms with Crippen LogP contribution < -0.4 is 0 Å². The molecule has 100 valence electrons. The second-order valence-electron chi connectivity index (χ2n) is 5.63. The molecule has 0 saturated carbocycles. The predicted molar refractivity (Wildman–Crippen MR) is 78.1 cm³/mol. The predicted octanol–water partition coefficient (Wildman–Crippen LogP) is 5.10. The van der Waals surface area contributed by atoms with Crippen LogP contribution in [0.15, 0.2) is 22.6 Å². The normalized spacial score (nSPS) is 11.2. The number of hydrogen-bond acceptors (Lipinski definition) is 2. The van der Waals surface area contributed by atoms with Crippen molar-refractivity contribution >= 4 is 11.1 Å². The number of nitrogens with zero attached hydrogens (tertiary/aromatic N) is 1. The summed E-state index contributed by atoms with van der Waals surface area (Å²) in [7, 11) is 0. The Morgan fingerprint density at radius 1 is 1.11 bits per heavy atom. The molecule has 2 aromatic rings. The van der Waals surface area contributed by atoms with Crippen LogP contribution in [-0.4, -0.2) is 4.98 Å². The minimum Gasteiger partial charge on any atom is -0.440 e. The maximum Gasteiger partial charge on any atom is 0.200 e. The molecule has 2 rings (SSSR count). The molecule has 0 radical (unpaired) electrons. The van der Waals surface area contributed by atoms with Gasteiger partial charge in [-0.25, -0.2) is 4.98 Å². The molecular formula is C16H25NO. The smallest absolute Gasteiger partial charge is 0.200 e. The Labute approximate surface area is 110 Å². The van der Waals surface area contributed by atoms with E-state index in [4.69, 9.17) is 4.42 Å². The average molecular weight is 247 g/mol. The van der Waals surface area contributed by atoms with Gasteiger partial charge in [-0.2, -0.15) is 0 Å². The Morgan fingerprint density at radius 3 is 2.22 bits per heavy atom. The van der Waals surface area contributed by atoms with Gasteiger partial charge in [0, 0.05) is 5.41 Å². The fourth-order valence-corrected chi connectivity index (χ4v) is 1.51. The fraction of sp³-hybridized carbons (Fsp3) is 0.562. The molecule has 0 aliphatic heterocycles. The number of hydrogen-bond donors (Lipinski definition) is 0. The van der Waals surface area contributed by atoms with Gasteiger partial charge >= 0.3 is 0 Å². The van der Waals surface area contributed by atoms with E-state index in [-0.39, 0.29) is 5.41 Å².